The molecule has 0 saturated heterocycles. The molecule has 0 bridgehead atoms. The van der Waals surface area contributed by atoms with Crippen molar-refractivity contribution in [2.45, 2.75) is 0 Å². The number of fused-ring (bicyclic) bond motifs is 1. The number of nitrogens with zero attached hydrogens (tertiary/aromatic N) is 4. The summed E-state index contributed by atoms with van der Waals surface area (Å²) >= 11 is 0. The zero-order valence-corrected chi connectivity index (χ0v) is 15.8. The van der Waals surface area contributed by atoms with E-state index in [-0.39, 0.29) is 27.8 Å². The van der Waals surface area contributed by atoms with E-state index in [1.807, 2.05) is 0 Å². The summed E-state index contributed by atoms with van der Waals surface area (Å²) in [5, 5.41) is 63.7. The van der Waals surface area contributed by atoms with Gasteiger partial charge in [0, 0.05) is 11.4 Å². The summed E-state index contributed by atoms with van der Waals surface area (Å²) in [7, 11) is 0. The summed E-state index contributed by atoms with van der Waals surface area (Å²) in [4.78, 5) is 21.9. The number of nitro groups is 2. The molecule has 1 aromatic heterocycles. The maximum Gasteiger partial charge on any atom is 0.357 e. The van der Waals surface area contributed by atoms with Crippen LogP contribution in [0.4, 0.5) is 34.1 Å². The first-order chi connectivity index (χ1) is 15.3. The van der Waals surface area contributed by atoms with Crippen molar-refractivity contribution in [3.05, 3.63) is 74.0 Å². The van der Waals surface area contributed by atoms with Crippen molar-refractivity contribution in [1.82, 2.24) is 5.16 Å². The Labute approximate surface area is 176 Å². The fourth-order valence-electron chi connectivity index (χ4n) is 3.06. The molecule has 4 rings (SSSR count). The quantitative estimate of drug-likeness (QED) is 0.148. The summed E-state index contributed by atoms with van der Waals surface area (Å²) < 4.78 is 4.50. The molecule has 0 atom stereocenters. The molecule has 0 aliphatic rings. The van der Waals surface area contributed by atoms with Gasteiger partial charge in [-0.2, -0.15) is 0 Å². The van der Waals surface area contributed by atoms with E-state index in [0.29, 0.717) is 0 Å². The third-order valence-corrected chi connectivity index (χ3v) is 4.42. The lowest BCUT2D eigenvalue weighted by Crippen LogP contribution is -2.24. The summed E-state index contributed by atoms with van der Waals surface area (Å²) in [6.07, 6.45) is 0. The van der Waals surface area contributed by atoms with Crippen LogP contribution in [0.1, 0.15) is 0 Å². The molecule has 0 radical (unpaired) electrons. The number of aromatic nitrogens is 2. The highest BCUT2D eigenvalue weighted by Crippen LogP contribution is 2.48. The van der Waals surface area contributed by atoms with E-state index in [2.05, 4.69) is 20.4 Å². The van der Waals surface area contributed by atoms with Crippen LogP contribution in [0.3, 0.4) is 0 Å². The number of phenolic OH excluding ortho intramolecular Hbond substituents is 2. The van der Waals surface area contributed by atoms with Gasteiger partial charge in [-0.25, -0.2) is 0 Å². The molecule has 14 nitrogen and oxygen atoms in total. The molecular formula is C18H12N6O8. The van der Waals surface area contributed by atoms with Crippen LogP contribution >= 0.6 is 0 Å². The Kier molecular flexibility index (Phi) is 4.78. The van der Waals surface area contributed by atoms with Gasteiger partial charge in [-0.3, -0.25) is 24.9 Å². The highest BCUT2D eigenvalue weighted by molar-refractivity contribution is 6.07. The van der Waals surface area contributed by atoms with Crippen LogP contribution in [0.5, 0.6) is 11.5 Å². The first-order valence-electron chi connectivity index (χ1n) is 8.76. The van der Waals surface area contributed by atoms with Crippen molar-refractivity contribution in [2.75, 3.05) is 10.6 Å². The van der Waals surface area contributed by atoms with Gasteiger partial charge in [0.1, 0.15) is 11.5 Å². The molecule has 0 saturated carbocycles. The molecule has 0 unspecified atom stereocenters. The van der Waals surface area contributed by atoms with Gasteiger partial charge in [-0.1, -0.05) is 0 Å². The number of nitro benzene ring substituents is 2. The van der Waals surface area contributed by atoms with E-state index in [1.54, 1.807) is 0 Å². The highest BCUT2D eigenvalue weighted by Gasteiger charge is 2.41. The maximum atomic E-state index is 12.2. The maximum absolute atomic E-state index is 12.2. The molecule has 0 fully saturated rings. The summed E-state index contributed by atoms with van der Waals surface area (Å²) in [6.45, 7) is 0. The minimum atomic E-state index is -0.926. The van der Waals surface area contributed by atoms with Crippen molar-refractivity contribution < 1.29 is 29.6 Å². The van der Waals surface area contributed by atoms with Crippen LogP contribution in [0.15, 0.2) is 53.2 Å². The standard InChI is InChI=1S/C18H12N6O8/c25-11-5-1-9(2-6-11)19-13-16(22(27)28)14(20-10-3-7-12(26)8-4-10)18-15(17(13)23(29)30)21-32-24(18)31/h1-8,19-20,25-26H. The van der Waals surface area contributed by atoms with E-state index in [0.717, 1.165) is 0 Å². The Morgan fingerprint density at radius 2 is 1.28 bits per heavy atom. The largest absolute Gasteiger partial charge is 0.508 e. The van der Waals surface area contributed by atoms with Crippen LogP contribution in [-0.2, 0) is 0 Å². The van der Waals surface area contributed by atoms with Crippen LogP contribution in [0, 0.1) is 25.4 Å². The molecule has 4 N–H and O–H groups in total. The normalized spacial score (nSPS) is 10.8. The molecule has 0 aliphatic carbocycles. The first-order valence-corrected chi connectivity index (χ1v) is 8.76. The van der Waals surface area contributed by atoms with Crippen LogP contribution in [-0.4, -0.2) is 25.2 Å². The van der Waals surface area contributed by atoms with Gasteiger partial charge < -0.3 is 26.1 Å². The van der Waals surface area contributed by atoms with Gasteiger partial charge in [0.2, 0.25) is 5.69 Å². The van der Waals surface area contributed by atoms with Crippen molar-refractivity contribution in [2.24, 2.45) is 0 Å². The van der Waals surface area contributed by atoms with Crippen molar-refractivity contribution >= 4 is 45.2 Å². The van der Waals surface area contributed by atoms with Crippen LogP contribution < -0.4 is 15.5 Å². The zero-order valence-electron chi connectivity index (χ0n) is 15.8. The Morgan fingerprint density at radius 3 is 1.75 bits per heavy atom. The Balaban J connectivity index is 2.03. The van der Waals surface area contributed by atoms with Gasteiger partial charge in [-0.05, 0) is 53.4 Å². The minimum Gasteiger partial charge on any atom is -0.508 e. The van der Waals surface area contributed by atoms with Crippen molar-refractivity contribution in [3.8, 4) is 11.5 Å². The third-order valence-electron chi connectivity index (χ3n) is 4.42. The fourth-order valence-corrected chi connectivity index (χ4v) is 3.06. The van der Waals surface area contributed by atoms with Crippen LogP contribution in [0.2, 0.25) is 0 Å². The fraction of sp³-hybridized carbons (Fsp3) is 0. The second kappa shape index (κ2) is 7.60. The number of hydrogen-bond acceptors (Lipinski definition) is 11. The molecule has 0 aliphatic heterocycles. The van der Waals surface area contributed by atoms with Gasteiger partial charge >= 0.3 is 16.9 Å². The van der Waals surface area contributed by atoms with Gasteiger partial charge in [0.15, 0.2) is 5.69 Å². The molecule has 3 aromatic carbocycles. The minimum absolute atomic E-state index is 0.0718. The topological polar surface area (TPSA) is 204 Å². The molecule has 162 valence electrons. The van der Waals surface area contributed by atoms with E-state index in [9.17, 15) is 35.6 Å². The summed E-state index contributed by atoms with van der Waals surface area (Å²) in [5.74, 6) is -0.161. The predicted molar refractivity (Wildman–Crippen MR) is 109 cm³/mol. The van der Waals surface area contributed by atoms with Gasteiger partial charge in [0.25, 0.3) is 5.52 Å². The lowest BCUT2D eigenvalue weighted by Gasteiger charge is -2.12. The Hall–Kier alpha value is -5.14. The van der Waals surface area contributed by atoms with E-state index < -0.39 is 43.6 Å². The number of benzene rings is 3. The molecular weight excluding hydrogens is 428 g/mol. The predicted octanol–water partition coefficient (Wildman–Crippen LogP) is 3.18. The SMILES string of the molecule is O=[N+]([O-])c1c(Nc2ccc(O)cc2)c([N+](=O)[O-])c2no[n+]([O-])c2c1Nc1ccc(O)cc1. The van der Waals surface area contributed by atoms with Gasteiger partial charge in [0.05, 0.1) is 15.0 Å². The number of hydrogen-bond donors (Lipinski definition) is 4. The zero-order chi connectivity index (χ0) is 23.0. The molecule has 1 heterocycles. The number of rotatable bonds is 6. The van der Waals surface area contributed by atoms with E-state index in [1.165, 1.54) is 48.5 Å². The van der Waals surface area contributed by atoms with Gasteiger partial charge in [-0.15, -0.1) is 0 Å². The van der Waals surface area contributed by atoms with E-state index >= 15 is 0 Å². The smallest absolute Gasteiger partial charge is 0.357 e. The second-order valence-electron chi connectivity index (χ2n) is 6.43. The number of aromatic hydroxyl groups is 2. The molecule has 14 heteroatoms. The Morgan fingerprint density at radius 1 is 0.812 bits per heavy atom. The highest BCUT2D eigenvalue weighted by atomic mass is 16.8. The average Bonchev–Trinajstić information content (AvgIpc) is 3.12. The molecule has 32 heavy (non-hydrogen) atoms. The second-order valence-corrected chi connectivity index (χ2v) is 6.43. The molecule has 0 spiro atoms. The Bertz CT molecular complexity index is 1350. The van der Waals surface area contributed by atoms with Crippen LogP contribution in [0.25, 0.3) is 11.0 Å². The summed E-state index contributed by atoms with van der Waals surface area (Å²) in [5.41, 5.74) is -3.33. The van der Waals surface area contributed by atoms with E-state index in [4.69, 9.17) is 0 Å². The summed E-state index contributed by atoms with van der Waals surface area (Å²) in [6, 6.07) is 10.6. The van der Waals surface area contributed by atoms with Crippen molar-refractivity contribution in [1.29, 1.82) is 0 Å². The number of nitrogens with one attached hydrogen (secondary N) is 2. The molecule has 4 aromatic rings. The lowest BCUT2D eigenvalue weighted by atomic mass is 10.1. The average molecular weight is 440 g/mol. The first kappa shape index (κ1) is 20.1. The lowest BCUT2D eigenvalue weighted by molar-refractivity contribution is -0.782. The van der Waals surface area contributed by atoms with Crippen molar-refractivity contribution in [3.63, 3.8) is 0 Å². The molecule has 0 amide bonds. The third kappa shape index (κ3) is 3.47. The monoisotopic (exact) mass is 440 g/mol. The number of phenols is 2. The number of anilines is 4.